The third kappa shape index (κ3) is 3.53. The average Bonchev–Trinajstić information content (AvgIpc) is 3.05. The summed E-state index contributed by atoms with van der Waals surface area (Å²) in [4.78, 5) is 25.6. The summed E-state index contributed by atoms with van der Waals surface area (Å²) in [5.74, 6) is -0.330. The van der Waals surface area contributed by atoms with Gasteiger partial charge < -0.3 is 4.40 Å². The van der Waals surface area contributed by atoms with Crippen molar-refractivity contribution in [1.82, 2.24) is 9.83 Å². The van der Waals surface area contributed by atoms with Crippen LogP contribution in [0.2, 0.25) is 0 Å². The molecule has 148 valence electrons. The first kappa shape index (κ1) is 19.3. The van der Waals surface area contributed by atoms with Crippen molar-refractivity contribution in [3.63, 3.8) is 0 Å². The molecule has 0 saturated carbocycles. The van der Waals surface area contributed by atoms with Gasteiger partial charge in [0.25, 0.3) is 5.91 Å². The highest BCUT2D eigenvalue weighted by atomic mass is 16.2. The van der Waals surface area contributed by atoms with E-state index in [9.17, 15) is 9.59 Å². The van der Waals surface area contributed by atoms with Crippen molar-refractivity contribution in [2.75, 3.05) is 0 Å². The monoisotopic (exact) mass is 395 g/mol. The summed E-state index contributed by atoms with van der Waals surface area (Å²) in [6.07, 6.45) is 3.46. The fourth-order valence-electron chi connectivity index (χ4n) is 3.57. The molecule has 0 aliphatic rings. The second-order valence-electron chi connectivity index (χ2n) is 7.05. The number of hydrogen-bond donors (Lipinski definition) is 1. The van der Waals surface area contributed by atoms with Gasteiger partial charge in [0.15, 0.2) is 0 Å². The Balaban J connectivity index is 1.69. The van der Waals surface area contributed by atoms with E-state index in [1.807, 2.05) is 79.0 Å². The van der Waals surface area contributed by atoms with Crippen LogP contribution in [0.4, 0.5) is 0 Å². The molecule has 5 heteroatoms. The number of amides is 1. The van der Waals surface area contributed by atoms with Gasteiger partial charge in [0.2, 0.25) is 5.78 Å². The first-order chi connectivity index (χ1) is 14.6. The second kappa shape index (κ2) is 8.17. The van der Waals surface area contributed by atoms with E-state index in [4.69, 9.17) is 0 Å². The van der Waals surface area contributed by atoms with Gasteiger partial charge in [-0.15, -0.1) is 0 Å². The zero-order chi connectivity index (χ0) is 21.1. The Labute approximate surface area is 174 Å². The predicted octanol–water partition coefficient (Wildman–Crippen LogP) is 4.55. The molecular weight excluding hydrogens is 374 g/mol. The number of ketones is 1. The number of aryl methyl sites for hydroxylation is 1. The van der Waals surface area contributed by atoms with Crippen LogP contribution in [0.1, 0.15) is 43.1 Å². The van der Waals surface area contributed by atoms with Crippen molar-refractivity contribution in [1.29, 1.82) is 0 Å². The Kier molecular flexibility index (Phi) is 5.26. The topological polar surface area (TPSA) is 62.9 Å². The minimum Gasteiger partial charge on any atom is -0.313 e. The number of nitrogens with one attached hydrogen (secondary N) is 1. The predicted molar refractivity (Wildman–Crippen MR) is 118 cm³/mol. The molecule has 0 atom stereocenters. The first-order valence-corrected chi connectivity index (χ1v) is 9.66. The molecule has 0 aliphatic heterocycles. The van der Waals surface area contributed by atoms with Crippen LogP contribution in [0, 0.1) is 13.8 Å². The van der Waals surface area contributed by atoms with Crippen molar-refractivity contribution in [3.05, 3.63) is 113 Å². The lowest BCUT2D eigenvalue weighted by atomic mass is 10.0. The van der Waals surface area contributed by atoms with E-state index in [-0.39, 0.29) is 11.7 Å². The van der Waals surface area contributed by atoms with Gasteiger partial charge in [-0.3, -0.25) is 9.59 Å². The largest absolute Gasteiger partial charge is 0.313 e. The Morgan fingerprint density at radius 1 is 0.900 bits per heavy atom. The highest BCUT2D eigenvalue weighted by Crippen LogP contribution is 2.24. The zero-order valence-corrected chi connectivity index (χ0v) is 16.8. The van der Waals surface area contributed by atoms with Crippen LogP contribution in [0.5, 0.6) is 0 Å². The van der Waals surface area contributed by atoms with Crippen molar-refractivity contribution in [2.24, 2.45) is 5.10 Å². The molecule has 2 aromatic carbocycles. The molecule has 4 rings (SSSR count). The summed E-state index contributed by atoms with van der Waals surface area (Å²) >= 11 is 0. The lowest BCUT2D eigenvalue weighted by molar-refractivity contribution is 0.0953. The summed E-state index contributed by atoms with van der Waals surface area (Å²) in [5.41, 5.74) is 7.71. The van der Waals surface area contributed by atoms with Gasteiger partial charge in [-0.05, 0) is 43.2 Å². The summed E-state index contributed by atoms with van der Waals surface area (Å²) in [6.45, 7) is 3.78. The molecule has 0 saturated heterocycles. The number of hydrazone groups is 1. The molecule has 0 aliphatic carbocycles. The highest BCUT2D eigenvalue weighted by Gasteiger charge is 2.20. The third-order valence-electron chi connectivity index (χ3n) is 5.14. The molecule has 2 aromatic heterocycles. The maximum atomic E-state index is 13.2. The SMILES string of the molecule is Cc1ccccc1C(=O)N/N=C\c1c(C)c(C(=O)c2ccccc2)n2ccccc12. The number of carbonyl (C=O) groups is 2. The Bertz CT molecular complexity index is 1270. The molecule has 5 nitrogen and oxygen atoms in total. The molecule has 30 heavy (non-hydrogen) atoms. The molecule has 1 amide bonds. The van der Waals surface area contributed by atoms with Crippen LogP contribution in [0.3, 0.4) is 0 Å². The fraction of sp³-hybridized carbons (Fsp3) is 0.0800. The second-order valence-corrected chi connectivity index (χ2v) is 7.05. The van der Waals surface area contributed by atoms with Crippen LogP contribution < -0.4 is 5.43 Å². The van der Waals surface area contributed by atoms with Gasteiger partial charge in [-0.2, -0.15) is 5.10 Å². The van der Waals surface area contributed by atoms with Gasteiger partial charge >= 0.3 is 0 Å². The van der Waals surface area contributed by atoms with E-state index >= 15 is 0 Å². The van der Waals surface area contributed by atoms with Crippen LogP contribution in [0.25, 0.3) is 5.52 Å². The normalized spacial score (nSPS) is 11.1. The van der Waals surface area contributed by atoms with Crippen LogP contribution in [0.15, 0.2) is 84.1 Å². The standard InChI is InChI=1S/C25H21N3O2/c1-17-10-6-7-13-20(17)25(30)27-26-16-21-18(2)23(28-15-9-8-14-22(21)28)24(29)19-11-4-3-5-12-19/h3-16H,1-2H3,(H,27,30)/b26-16-. The number of nitrogens with zero attached hydrogens (tertiary/aromatic N) is 2. The minimum absolute atomic E-state index is 0.0575. The van der Waals surface area contributed by atoms with Gasteiger partial charge in [0, 0.05) is 22.9 Å². The average molecular weight is 395 g/mol. The number of hydrogen-bond acceptors (Lipinski definition) is 3. The number of rotatable bonds is 5. The molecular formula is C25H21N3O2. The maximum absolute atomic E-state index is 13.2. The van der Waals surface area contributed by atoms with Crippen molar-refractivity contribution in [3.8, 4) is 0 Å². The number of benzene rings is 2. The van der Waals surface area contributed by atoms with E-state index in [1.54, 1.807) is 24.4 Å². The molecule has 0 unspecified atom stereocenters. The van der Waals surface area contributed by atoms with E-state index in [2.05, 4.69) is 10.5 Å². The minimum atomic E-state index is -0.272. The number of carbonyl (C=O) groups excluding carboxylic acids is 2. The molecule has 0 spiro atoms. The van der Waals surface area contributed by atoms with Gasteiger partial charge in [0.1, 0.15) is 0 Å². The quantitative estimate of drug-likeness (QED) is 0.306. The Hall–Kier alpha value is -3.99. The summed E-state index contributed by atoms with van der Waals surface area (Å²) < 4.78 is 1.87. The third-order valence-corrected chi connectivity index (χ3v) is 5.14. The fourth-order valence-corrected chi connectivity index (χ4v) is 3.57. The van der Waals surface area contributed by atoms with Gasteiger partial charge in [-0.1, -0.05) is 54.6 Å². The number of aromatic nitrogens is 1. The first-order valence-electron chi connectivity index (χ1n) is 9.66. The summed E-state index contributed by atoms with van der Waals surface area (Å²) in [6, 6.07) is 22.3. The maximum Gasteiger partial charge on any atom is 0.271 e. The van der Waals surface area contributed by atoms with E-state index in [0.717, 1.165) is 22.2 Å². The van der Waals surface area contributed by atoms with Gasteiger partial charge in [0.05, 0.1) is 17.4 Å². The summed E-state index contributed by atoms with van der Waals surface area (Å²) in [7, 11) is 0. The Morgan fingerprint density at radius 2 is 1.60 bits per heavy atom. The lowest BCUT2D eigenvalue weighted by Gasteiger charge is -2.03. The van der Waals surface area contributed by atoms with E-state index in [1.165, 1.54) is 0 Å². The van der Waals surface area contributed by atoms with Crippen molar-refractivity contribution >= 4 is 23.4 Å². The van der Waals surface area contributed by atoms with Crippen LogP contribution in [-0.4, -0.2) is 22.3 Å². The van der Waals surface area contributed by atoms with Crippen LogP contribution in [-0.2, 0) is 0 Å². The summed E-state index contributed by atoms with van der Waals surface area (Å²) in [5, 5.41) is 4.17. The van der Waals surface area contributed by atoms with Gasteiger partial charge in [-0.25, -0.2) is 5.43 Å². The van der Waals surface area contributed by atoms with Crippen molar-refractivity contribution < 1.29 is 9.59 Å². The molecule has 0 radical (unpaired) electrons. The van der Waals surface area contributed by atoms with E-state index < -0.39 is 0 Å². The number of fused-ring (bicyclic) bond motifs is 1. The highest BCUT2D eigenvalue weighted by molar-refractivity contribution is 6.12. The van der Waals surface area contributed by atoms with Crippen LogP contribution >= 0.6 is 0 Å². The Morgan fingerprint density at radius 3 is 2.37 bits per heavy atom. The molecule has 2 heterocycles. The van der Waals surface area contributed by atoms with E-state index in [0.29, 0.717) is 16.8 Å². The molecule has 0 bridgehead atoms. The molecule has 1 N–H and O–H groups in total. The molecule has 0 fully saturated rings. The smallest absolute Gasteiger partial charge is 0.271 e. The zero-order valence-electron chi connectivity index (χ0n) is 16.8. The van der Waals surface area contributed by atoms with Crippen molar-refractivity contribution in [2.45, 2.75) is 13.8 Å². The molecule has 4 aromatic rings. The lowest BCUT2D eigenvalue weighted by Crippen LogP contribution is -2.18. The number of pyridine rings is 1.